The van der Waals surface area contributed by atoms with Gasteiger partial charge in [-0.25, -0.2) is 4.99 Å². The molecule has 2 rings (SSSR count). The molecule has 3 N–H and O–H groups in total. The molecule has 1 aromatic carbocycles. The van der Waals surface area contributed by atoms with E-state index in [0.717, 1.165) is 30.8 Å². The van der Waals surface area contributed by atoms with Gasteiger partial charge in [0.15, 0.2) is 5.96 Å². The number of hydrogen-bond donors (Lipinski definition) is 3. The number of aliphatic imine (C=N–C) groups is 1. The van der Waals surface area contributed by atoms with Crippen molar-refractivity contribution in [2.24, 2.45) is 4.99 Å². The van der Waals surface area contributed by atoms with Crippen LogP contribution in [0.1, 0.15) is 38.8 Å². The Morgan fingerprint density at radius 3 is 2.50 bits per heavy atom. The maximum Gasteiger partial charge on any atom is 0.191 e. The van der Waals surface area contributed by atoms with Crippen molar-refractivity contribution in [1.82, 2.24) is 10.6 Å². The maximum atomic E-state index is 10.6. The van der Waals surface area contributed by atoms with E-state index in [1.807, 2.05) is 49.7 Å². The third-order valence-corrected chi connectivity index (χ3v) is 4.72. The molecular formula is C21H32IN3O2S. The highest BCUT2D eigenvalue weighted by Crippen LogP contribution is 2.23. The maximum absolute atomic E-state index is 10.6. The third-order valence-electron chi connectivity index (χ3n) is 4.03. The normalized spacial score (nSPS) is 13.6. The highest BCUT2D eigenvalue weighted by atomic mass is 127. The van der Waals surface area contributed by atoms with Gasteiger partial charge in [-0.1, -0.05) is 12.1 Å². The van der Waals surface area contributed by atoms with Crippen LogP contribution in [0.3, 0.4) is 0 Å². The van der Waals surface area contributed by atoms with Gasteiger partial charge in [0.2, 0.25) is 0 Å². The summed E-state index contributed by atoms with van der Waals surface area (Å²) in [6.07, 6.45) is 1.07. The highest BCUT2D eigenvalue weighted by molar-refractivity contribution is 14.0. The van der Waals surface area contributed by atoms with Crippen LogP contribution in [0.5, 0.6) is 5.75 Å². The molecule has 1 atom stereocenters. The van der Waals surface area contributed by atoms with Crippen LogP contribution in [0.2, 0.25) is 0 Å². The standard InChI is InChI=1S/C21H31N3O2S.HI/c1-5-22-20(24-15-21(4,25)18-11-13-27-14-18)23-12-10-17-6-8-19(9-7-17)26-16(2)3;/h6-9,11,13-14,16,25H,5,10,12,15H2,1-4H3,(H2,22,23,24);1H. The molecule has 0 spiro atoms. The van der Waals surface area contributed by atoms with Crippen molar-refractivity contribution in [3.63, 3.8) is 0 Å². The van der Waals surface area contributed by atoms with Gasteiger partial charge < -0.3 is 20.5 Å². The minimum Gasteiger partial charge on any atom is -0.491 e. The molecule has 0 aliphatic carbocycles. The molecule has 7 heteroatoms. The molecule has 5 nitrogen and oxygen atoms in total. The Labute approximate surface area is 189 Å². The van der Waals surface area contributed by atoms with Crippen LogP contribution in [-0.4, -0.2) is 36.8 Å². The number of nitrogens with one attached hydrogen (secondary N) is 2. The lowest BCUT2D eigenvalue weighted by Crippen LogP contribution is -2.39. The molecule has 0 saturated heterocycles. The first-order valence-corrected chi connectivity index (χ1v) is 10.4. The van der Waals surface area contributed by atoms with Crippen LogP contribution in [-0.2, 0) is 12.0 Å². The van der Waals surface area contributed by atoms with Crippen LogP contribution in [0.15, 0.2) is 46.1 Å². The van der Waals surface area contributed by atoms with Crippen molar-refractivity contribution >= 4 is 41.3 Å². The second kappa shape index (κ2) is 12.3. The molecule has 0 amide bonds. The second-order valence-electron chi connectivity index (χ2n) is 6.97. The monoisotopic (exact) mass is 517 g/mol. The predicted molar refractivity (Wildman–Crippen MR) is 129 cm³/mol. The number of halogens is 1. The number of rotatable bonds is 9. The molecule has 1 unspecified atom stereocenters. The van der Waals surface area contributed by atoms with Gasteiger partial charge in [0.25, 0.3) is 0 Å². The minimum absolute atomic E-state index is 0. The van der Waals surface area contributed by atoms with Crippen LogP contribution < -0.4 is 15.4 Å². The quantitative estimate of drug-likeness (QED) is 0.266. The Bertz CT molecular complexity index is 701. The van der Waals surface area contributed by atoms with E-state index in [4.69, 9.17) is 4.74 Å². The fourth-order valence-corrected chi connectivity index (χ4v) is 3.35. The zero-order chi connectivity index (χ0) is 19.7. The Kier molecular flexibility index (Phi) is 10.8. The Morgan fingerprint density at radius 1 is 1.21 bits per heavy atom. The summed E-state index contributed by atoms with van der Waals surface area (Å²) in [7, 11) is 0. The molecule has 0 radical (unpaired) electrons. The molecule has 0 aliphatic heterocycles. The average Bonchev–Trinajstić information content (AvgIpc) is 3.16. The first-order valence-electron chi connectivity index (χ1n) is 9.43. The van der Waals surface area contributed by atoms with Crippen molar-refractivity contribution in [2.45, 2.75) is 45.8 Å². The summed E-state index contributed by atoms with van der Waals surface area (Å²) in [5.41, 5.74) is 1.17. The summed E-state index contributed by atoms with van der Waals surface area (Å²) in [6, 6.07) is 10.1. The number of ether oxygens (including phenoxy) is 1. The zero-order valence-electron chi connectivity index (χ0n) is 17.1. The van der Waals surface area contributed by atoms with Crippen LogP contribution in [0, 0.1) is 0 Å². The van der Waals surface area contributed by atoms with E-state index in [2.05, 4.69) is 27.8 Å². The summed E-state index contributed by atoms with van der Waals surface area (Å²) in [5, 5.41) is 21.1. The highest BCUT2D eigenvalue weighted by Gasteiger charge is 2.23. The zero-order valence-corrected chi connectivity index (χ0v) is 20.2. The van der Waals surface area contributed by atoms with E-state index in [1.165, 1.54) is 5.56 Å². The van der Waals surface area contributed by atoms with Gasteiger partial charge in [-0.3, -0.25) is 0 Å². The summed E-state index contributed by atoms with van der Waals surface area (Å²) in [5.74, 6) is 1.61. The number of benzene rings is 1. The van der Waals surface area contributed by atoms with E-state index in [1.54, 1.807) is 18.3 Å². The van der Waals surface area contributed by atoms with Crippen LogP contribution in [0.25, 0.3) is 0 Å². The summed E-state index contributed by atoms with van der Waals surface area (Å²) in [4.78, 5) is 4.55. The Hall–Kier alpha value is -1.32. The van der Waals surface area contributed by atoms with Gasteiger partial charge in [0.1, 0.15) is 11.4 Å². The smallest absolute Gasteiger partial charge is 0.191 e. The number of thiophene rings is 1. The van der Waals surface area contributed by atoms with E-state index < -0.39 is 5.60 Å². The number of guanidine groups is 1. The SMILES string of the molecule is CCNC(=NCC(C)(O)c1ccsc1)NCCc1ccc(OC(C)C)cc1.I. The van der Waals surface area contributed by atoms with Crippen molar-refractivity contribution in [3.8, 4) is 5.75 Å². The predicted octanol–water partition coefficient (Wildman–Crippen LogP) is 4.16. The van der Waals surface area contributed by atoms with E-state index in [9.17, 15) is 5.11 Å². The average molecular weight is 517 g/mol. The number of hydrogen-bond acceptors (Lipinski definition) is 4. The Balaban J connectivity index is 0.00000392. The van der Waals surface area contributed by atoms with Gasteiger partial charge in [-0.15, -0.1) is 24.0 Å². The van der Waals surface area contributed by atoms with Gasteiger partial charge in [0.05, 0.1) is 12.6 Å². The fraction of sp³-hybridized carbons (Fsp3) is 0.476. The molecule has 0 bridgehead atoms. The van der Waals surface area contributed by atoms with Gasteiger partial charge in [-0.05, 0) is 74.2 Å². The van der Waals surface area contributed by atoms with Gasteiger partial charge in [-0.2, -0.15) is 11.3 Å². The molecule has 1 aromatic heterocycles. The largest absolute Gasteiger partial charge is 0.491 e. The fourth-order valence-electron chi connectivity index (χ4n) is 2.57. The summed E-state index contributed by atoms with van der Waals surface area (Å²) in [6.45, 7) is 9.71. The second-order valence-corrected chi connectivity index (χ2v) is 7.75. The molecule has 0 aliphatic rings. The molecular weight excluding hydrogens is 485 g/mol. The molecule has 0 fully saturated rings. The molecule has 28 heavy (non-hydrogen) atoms. The molecule has 156 valence electrons. The van der Waals surface area contributed by atoms with Crippen molar-refractivity contribution in [2.75, 3.05) is 19.6 Å². The topological polar surface area (TPSA) is 65.9 Å². The van der Waals surface area contributed by atoms with E-state index >= 15 is 0 Å². The number of nitrogens with zero attached hydrogens (tertiary/aromatic N) is 1. The van der Waals surface area contributed by atoms with Crippen molar-refractivity contribution in [1.29, 1.82) is 0 Å². The van der Waals surface area contributed by atoms with Crippen molar-refractivity contribution in [3.05, 3.63) is 52.2 Å². The molecule has 1 heterocycles. The lowest BCUT2D eigenvalue weighted by molar-refractivity contribution is 0.0677. The molecule has 2 aromatic rings. The minimum atomic E-state index is -0.964. The van der Waals surface area contributed by atoms with Crippen LogP contribution in [0.4, 0.5) is 0 Å². The van der Waals surface area contributed by atoms with Gasteiger partial charge in [0, 0.05) is 13.1 Å². The first-order chi connectivity index (χ1) is 12.9. The van der Waals surface area contributed by atoms with Crippen LogP contribution >= 0.6 is 35.3 Å². The summed E-state index contributed by atoms with van der Waals surface area (Å²) >= 11 is 1.58. The van der Waals surface area contributed by atoms with E-state index in [-0.39, 0.29) is 30.1 Å². The lowest BCUT2D eigenvalue weighted by Gasteiger charge is -2.21. The lowest BCUT2D eigenvalue weighted by atomic mass is 10.00. The van der Waals surface area contributed by atoms with Crippen molar-refractivity contribution < 1.29 is 9.84 Å². The third kappa shape index (κ3) is 8.36. The first kappa shape index (κ1) is 24.7. The Morgan fingerprint density at radius 2 is 1.93 bits per heavy atom. The van der Waals surface area contributed by atoms with Gasteiger partial charge >= 0.3 is 0 Å². The molecule has 0 saturated carbocycles. The number of aliphatic hydroxyl groups is 1. The van der Waals surface area contributed by atoms with E-state index in [0.29, 0.717) is 12.5 Å². The summed E-state index contributed by atoms with van der Waals surface area (Å²) < 4.78 is 5.67.